The van der Waals surface area contributed by atoms with E-state index in [9.17, 15) is 10.2 Å². The monoisotopic (exact) mass is 350 g/mol. The van der Waals surface area contributed by atoms with Crippen LogP contribution in [0.4, 0.5) is 0 Å². The topological polar surface area (TPSA) is 40.5 Å². The van der Waals surface area contributed by atoms with Crippen LogP contribution in [0.1, 0.15) is 22.3 Å². The van der Waals surface area contributed by atoms with Crippen LogP contribution < -0.4 is 0 Å². The van der Waals surface area contributed by atoms with Crippen LogP contribution >= 0.6 is 0 Å². The van der Waals surface area contributed by atoms with Gasteiger partial charge < -0.3 is 10.2 Å². The Kier molecular flexibility index (Phi) is 3.34. The van der Waals surface area contributed by atoms with Crippen molar-refractivity contribution in [1.29, 1.82) is 0 Å². The first kappa shape index (κ1) is 15.7. The molecule has 1 unspecified atom stereocenters. The third-order valence-electron chi connectivity index (χ3n) is 5.55. The Morgan fingerprint density at radius 3 is 1.93 bits per heavy atom. The van der Waals surface area contributed by atoms with Crippen molar-refractivity contribution in [2.24, 2.45) is 0 Å². The lowest BCUT2D eigenvalue weighted by Crippen LogP contribution is -2.28. The van der Waals surface area contributed by atoms with Gasteiger partial charge in [0.25, 0.3) is 0 Å². The second-order valence-corrected chi connectivity index (χ2v) is 6.91. The summed E-state index contributed by atoms with van der Waals surface area (Å²) in [5.74, 6) is 0.529. The molecule has 1 aliphatic rings. The second kappa shape index (κ2) is 5.75. The van der Waals surface area contributed by atoms with Crippen molar-refractivity contribution < 1.29 is 10.2 Å². The molecule has 2 nitrogen and oxygen atoms in total. The molecular weight excluding hydrogens is 332 g/mol. The van der Waals surface area contributed by atoms with Gasteiger partial charge in [-0.15, -0.1) is 0 Å². The van der Waals surface area contributed by atoms with E-state index in [1.807, 2.05) is 48.5 Å². The predicted molar refractivity (Wildman–Crippen MR) is 107 cm³/mol. The molecule has 27 heavy (non-hydrogen) atoms. The number of phenolic OH excluding ortho intramolecular Hbond substituents is 2. The molecule has 0 saturated heterocycles. The lowest BCUT2D eigenvalue weighted by molar-refractivity contribution is 0.474. The maximum Gasteiger partial charge on any atom is 0.123 e. The molecule has 2 heteroatoms. The Morgan fingerprint density at radius 1 is 0.519 bits per heavy atom. The summed E-state index contributed by atoms with van der Waals surface area (Å²) in [4.78, 5) is 0. The average Bonchev–Trinajstić information content (AvgIpc) is 3.02. The van der Waals surface area contributed by atoms with Crippen molar-refractivity contribution in [3.05, 3.63) is 119 Å². The highest BCUT2D eigenvalue weighted by Crippen LogP contribution is 2.58. The van der Waals surface area contributed by atoms with Gasteiger partial charge in [0.1, 0.15) is 11.5 Å². The number of aromatic hydroxyl groups is 2. The van der Waals surface area contributed by atoms with Crippen molar-refractivity contribution in [2.45, 2.75) is 5.41 Å². The van der Waals surface area contributed by atoms with Crippen molar-refractivity contribution in [3.8, 4) is 22.6 Å². The van der Waals surface area contributed by atoms with E-state index in [4.69, 9.17) is 0 Å². The molecule has 0 spiro atoms. The molecule has 0 radical (unpaired) electrons. The minimum Gasteiger partial charge on any atom is -0.508 e. The molecule has 0 aliphatic heterocycles. The van der Waals surface area contributed by atoms with Crippen LogP contribution in [0.25, 0.3) is 11.1 Å². The van der Waals surface area contributed by atoms with Gasteiger partial charge in [-0.25, -0.2) is 0 Å². The van der Waals surface area contributed by atoms with E-state index in [1.54, 1.807) is 18.2 Å². The first-order valence-electron chi connectivity index (χ1n) is 9.00. The molecule has 0 heterocycles. The fraction of sp³-hybridized carbons (Fsp3) is 0.0400. The Balaban J connectivity index is 1.98. The quantitative estimate of drug-likeness (QED) is 0.444. The van der Waals surface area contributed by atoms with E-state index in [0.29, 0.717) is 0 Å². The highest BCUT2D eigenvalue weighted by molar-refractivity contribution is 5.89. The maximum absolute atomic E-state index is 10.7. The van der Waals surface area contributed by atoms with Gasteiger partial charge in [0.05, 0.1) is 5.41 Å². The van der Waals surface area contributed by atoms with Crippen molar-refractivity contribution in [1.82, 2.24) is 0 Å². The van der Waals surface area contributed by atoms with E-state index in [-0.39, 0.29) is 11.5 Å². The Hall–Kier alpha value is -3.52. The highest BCUT2D eigenvalue weighted by atomic mass is 16.3. The summed E-state index contributed by atoms with van der Waals surface area (Å²) >= 11 is 0. The summed E-state index contributed by atoms with van der Waals surface area (Å²) in [5.41, 5.74) is 5.77. The van der Waals surface area contributed by atoms with Gasteiger partial charge in [-0.3, -0.25) is 0 Å². The van der Waals surface area contributed by atoms with Crippen LogP contribution in [0.2, 0.25) is 0 Å². The van der Waals surface area contributed by atoms with Gasteiger partial charge in [-0.1, -0.05) is 78.9 Å². The molecule has 5 rings (SSSR count). The van der Waals surface area contributed by atoms with Gasteiger partial charge in [-0.05, 0) is 46.0 Å². The largest absolute Gasteiger partial charge is 0.508 e. The number of fused-ring (bicyclic) bond motifs is 3. The molecule has 1 atom stereocenters. The number of hydrogen-bond acceptors (Lipinski definition) is 2. The molecule has 0 amide bonds. The molecule has 0 fully saturated rings. The Labute approximate surface area is 158 Å². The number of phenols is 2. The van der Waals surface area contributed by atoms with Crippen LogP contribution in [0.5, 0.6) is 11.5 Å². The summed E-state index contributed by atoms with van der Waals surface area (Å²) in [6.07, 6.45) is 0. The van der Waals surface area contributed by atoms with Gasteiger partial charge in [-0.2, -0.15) is 0 Å². The fourth-order valence-electron chi connectivity index (χ4n) is 4.50. The third-order valence-corrected chi connectivity index (χ3v) is 5.55. The zero-order valence-corrected chi connectivity index (χ0v) is 14.6. The molecule has 4 aromatic carbocycles. The minimum absolute atomic E-state index is 0.240. The standard InChI is InChI=1S/C25H18O2/c26-19-15-13-18(14-16-19)25(17-7-2-1-3-8-17)21-10-5-4-9-20(21)24-22(25)11-6-12-23(24)27/h1-16,26-27H. The summed E-state index contributed by atoms with van der Waals surface area (Å²) in [6, 6.07) is 31.7. The summed E-state index contributed by atoms with van der Waals surface area (Å²) in [7, 11) is 0. The molecule has 130 valence electrons. The molecular formula is C25H18O2. The van der Waals surface area contributed by atoms with E-state index in [2.05, 4.69) is 30.3 Å². The average molecular weight is 350 g/mol. The van der Waals surface area contributed by atoms with E-state index in [0.717, 1.165) is 33.4 Å². The molecule has 0 aromatic heterocycles. The van der Waals surface area contributed by atoms with Gasteiger partial charge >= 0.3 is 0 Å². The summed E-state index contributed by atoms with van der Waals surface area (Å²) in [5, 5.41) is 20.6. The second-order valence-electron chi connectivity index (χ2n) is 6.91. The van der Waals surface area contributed by atoms with E-state index < -0.39 is 5.41 Å². The van der Waals surface area contributed by atoms with Crippen LogP contribution in [0.15, 0.2) is 97.1 Å². The van der Waals surface area contributed by atoms with Crippen molar-refractivity contribution in [2.75, 3.05) is 0 Å². The Bertz CT molecular complexity index is 1130. The fourth-order valence-corrected chi connectivity index (χ4v) is 4.50. The lowest BCUT2D eigenvalue weighted by atomic mass is 9.68. The molecule has 4 aromatic rings. The number of benzene rings is 4. The molecule has 0 saturated carbocycles. The van der Waals surface area contributed by atoms with Crippen molar-refractivity contribution >= 4 is 0 Å². The van der Waals surface area contributed by atoms with Gasteiger partial charge in [0.2, 0.25) is 0 Å². The normalized spacial score (nSPS) is 17.3. The van der Waals surface area contributed by atoms with Gasteiger partial charge in [0.15, 0.2) is 0 Å². The number of hydrogen-bond donors (Lipinski definition) is 2. The van der Waals surface area contributed by atoms with Crippen LogP contribution in [-0.2, 0) is 5.41 Å². The van der Waals surface area contributed by atoms with E-state index >= 15 is 0 Å². The smallest absolute Gasteiger partial charge is 0.123 e. The summed E-state index contributed by atoms with van der Waals surface area (Å²) < 4.78 is 0. The van der Waals surface area contributed by atoms with Gasteiger partial charge in [0, 0.05) is 5.56 Å². The number of rotatable bonds is 2. The van der Waals surface area contributed by atoms with Crippen LogP contribution in [0, 0.1) is 0 Å². The predicted octanol–water partition coefficient (Wildman–Crippen LogP) is 5.46. The Morgan fingerprint density at radius 2 is 1.15 bits per heavy atom. The first-order valence-corrected chi connectivity index (χ1v) is 9.00. The minimum atomic E-state index is -0.542. The lowest BCUT2D eigenvalue weighted by Gasteiger charge is -2.33. The third kappa shape index (κ3) is 2.07. The molecule has 0 bridgehead atoms. The molecule has 1 aliphatic carbocycles. The maximum atomic E-state index is 10.7. The van der Waals surface area contributed by atoms with Crippen molar-refractivity contribution in [3.63, 3.8) is 0 Å². The highest BCUT2D eigenvalue weighted by Gasteiger charge is 2.46. The molecule has 2 N–H and O–H groups in total. The first-order chi connectivity index (χ1) is 13.2. The van der Waals surface area contributed by atoms with Crippen LogP contribution in [-0.4, -0.2) is 10.2 Å². The zero-order valence-electron chi connectivity index (χ0n) is 14.6. The van der Waals surface area contributed by atoms with E-state index in [1.165, 1.54) is 0 Å². The van der Waals surface area contributed by atoms with Crippen LogP contribution in [0.3, 0.4) is 0 Å². The summed E-state index contributed by atoms with van der Waals surface area (Å²) in [6.45, 7) is 0. The zero-order chi connectivity index (χ0) is 18.4. The SMILES string of the molecule is Oc1ccc(C2(c3ccccc3)c3ccccc3-c3c(O)cccc32)cc1.